The molecule has 0 spiro atoms. The number of nitrogens with zero attached hydrogens (tertiary/aromatic N) is 3. The van der Waals surface area contributed by atoms with Gasteiger partial charge in [-0.1, -0.05) is 28.6 Å². The number of hydrogen-bond acceptors (Lipinski definition) is 5. The van der Waals surface area contributed by atoms with E-state index in [-0.39, 0.29) is 11.7 Å². The number of fused-ring (bicyclic) bond motifs is 1. The molecule has 0 aliphatic carbocycles. The monoisotopic (exact) mass is 287 g/mol. The van der Waals surface area contributed by atoms with Gasteiger partial charge in [-0.3, -0.25) is 9.69 Å². The number of amides is 1. The first-order chi connectivity index (χ1) is 9.69. The number of benzene rings is 1. The van der Waals surface area contributed by atoms with Crippen LogP contribution in [-0.4, -0.2) is 22.6 Å². The third-order valence-corrected chi connectivity index (χ3v) is 3.97. The maximum absolute atomic E-state index is 12.4. The molecule has 2 aromatic heterocycles. The lowest BCUT2D eigenvalue weighted by atomic mass is 10.3. The third kappa shape index (κ3) is 2.18. The number of carbonyl (C=O) groups excluding carboxylic acids is 1. The van der Waals surface area contributed by atoms with E-state index in [0.717, 1.165) is 10.2 Å². The predicted molar refractivity (Wildman–Crippen MR) is 78.2 cm³/mol. The summed E-state index contributed by atoms with van der Waals surface area (Å²) in [6.07, 6.45) is 0. The molecule has 0 N–H and O–H groups in total. The summed E-state index contributed by atoms with van der Waals surface area (Å²) in [7, 11) is 0. The Morgan fingerprint density at radius 2 is 2.20 bits per heavy atom. The second-order valence-electron chi connectivity index (χ2n) is 4.35. The van der Waals surface area contributed by atoms with Crippen LogP contribution >= 0.6 is 11.3 Å². The van der Waals surface area contributed by atoms with Gasteiger partial charge in [0.25, 0.3) is 5.91 Å². The second-order valence-corrected chi connectivity index (χ2v) is 5.36. The molecular formula is C14H13N3O2S. The Balaban J connectivity index is 1.98. The van der Waals surface area contributed by atoms with Gasteiger partial charge >= 0.3 is 0 Å². The lowest BCUT2D eigenvalue weighted by Crippen LogP contribution is -2.30. The summed E-state index contributed by atoms with van der Waals surface area (Å²) in [6, 6.07) is 9.46. The van der Waals surface area contributed by atoms with Crippen molar-refractivity contribution in [1.82, 2.24) is 10.1 Å². The minimum atomic E-state index is -0.216. The Morgan fingerprint density at radius 3 is 2.85 bits per heavy atom. The van der Waals surface area contributed by atoms with Gasteiger partial charge in [0.05, 0.1) is 15.9 Å². The van der Waals surface area contributed by atoms with E-state index < -0.39 is 0 Å². The normalized spacial score (nSPS) is 10.9. The molecule has 5 nitrogen and oxygen atoms in total. The quantitative estimate of drug-likeness (QED) is 0.742. The maximum atomic E-state index is 12.4. The van der Waals surface area contributed by atoms with Crippen molar-refractivity contribution in [2.24, 2.45) is 0 Å². The van der Waals surface area contributed by atoms with E-state index in [9.17, 15) is 4.79 Å². The molecule has 0 atom stereocenters. The van der Waals surface area contributed by atoms with Gasteiger partial charge < -0.3 is 4.52 Å². The van der Waals surface area contributed by atoms with Crippen molar-refractivity contribution >= 4 is 32.6 Å². The van der Waals surface area contributed by atoms with Crippen molar-refractivity contribution in [2.75, 3.05) is 11.4 Å². The molecule has 0 aliphatic rings. The maximum Gasteiger partial charge on any atom is 0.298 e. The highest BCUT2D eigenvalue weighted by molar-refractivity contribution is 7.22. The van der Waals surface area contributed by atoms with Crippen molar-refractivity contribution < 1.29 is 9.32 Å². The summed E-state index contributed by atoms with van der Waals surface area (Å²) in [5.74, 6) is 0.0239. The lowest BCUT2D eigenvalue weighted by Gasteiger charge is -2.15. The van der Waals surface area contributed by atoms with Gasteiger partial charge in [0, 0.05) is 12.6 Å². The molecule has 20 heavy (non-hydrogen) atoms. The van der Waals surface area contributed by atoms with Crippen LogP contribution in [0.2, 0.25) is 0 Å². The SMILES string of the molecule is CCN(C(=O)c1cc(C)no1)c1nc2ccccc2s1. The fourth-order valence-electron chi connectivity index (χ4n) is 1.94. The smallest absolute Gasteiger partial charge is 0.298 e. The van der Waals surface area contributed by atoms with E-state index in [1.807, 2.05) is 31.2 Å². The molecule has 0 saturated heterocycles. The summed E-state index contributed by atoms with van der Waals surface area (Å²) in [4.78, 5) is 18.5. The molecule has 1 aromatic carbocycles. The number of para-hydroxylation sites is 1. The molecular weight excluding hydrogens is 274 g/mol. The van der Waals surface area contributed by atoms with Gasteiger partial charge in [0.2, 0.25) is 5.76 Å². The van der Waals surface area contributed by atoms with Gasteiger partial charge in [-0.15, -0.1) is 0 Å². The van der Waals surface area contributed by atoms with E-state index in [4.69, 9.17) is 4.52 Å². The Labute approximate surface area is 119 Å². The molecule has 2 heterocycles. The molecule has 3 rings (SSSR count). The van der Waals surface area contributed by atoms with Crippen LogP contribution in [0.15, 0.2) is 34.9 Å². The number of anilines is 1. The first-order valence-electron chi connectivity index (χ1n) is 6.30. The summed E-state index contributed by atoms with van der Waals surface area (Å²) in [5, 5.41) is 4.43. The molecule has 0 radical (unpaired) electrons. The number of carbonyl (C=O) groups is 1. The fraction of sp³-hybridized carbons (Fsp3) is 0.214. The van der Waals surface area contributed by atoms with Crippen molar-refractivity contribution in [3.8, 4) is 0 Å². The molecule has 0 fully saturated rings. The Hall–Kier alpha value is -2.21. The first-order valence-corrected chi connectivity index (χ1v) is 7.11. The van der Waals surface area contributed by atoms with Crippen molar-refractivity contribution in [3.63, 3.8) is 0 Å². The summed E-state index contributed by atoms with van der Waals surface area (Å²) in [5.41, 5.74) is 1.58. The van der Waals surface area contributed by atoms with Crippen molar-refractivity contribution in [1.29, 1.82) is 0 Å². The van der Waals surface area contributed by atoms with E-state index in [2.05, 4.69) is 10.1 Å². The average molecular weight is 287 g/mol. The molecule has 102 valence electrons. The van der Waals surface area contributed by atoms with Crippen LogP contribution in [-0.2, 0) is 0 Å². The Kier molecular flexibility index (Phi) is 3.23. The molecule has 0 aliphatic heterocycles. The van der Waals surface area contributed by atoms with Crippen LogP contribution in [0.1, 0.15) is 23.2 Å². The molecule has 0 bridgehead atoms. The van der Waals surface area contributed by atoms with Crippen molar-refractivity contribution in [2.45, 2.75) is 13.8 Å². The Bertz CT molecular complexity index is 729. The summed E-state index contributed by atoms with van der Waals surface area (Å²) >= 11 is 1.49. The van der Waals surface area contributed by atoms with E-state index >= 15 is 0 Å². The highest BCUT2D eigenvalue weighted by Gasteiger charge is 2.22. The highest BCUT2D eigenvalue weighted by atomic mass is 32.1. The third-order valence-electron chi connectivity index (χ3n) is 2.91. The number of rotatable bonds is 3. The number of aryl methyl sites for hydroxylation is 1. The number of thiazole rings is 1. The predicted octanol–water partition coefficient (Wildman–Crippen LogP) is 3.26. The van der Waals surface area contributed by atoms with Gasteiger partial charge in [-0.05, 0) is 26.0 Å². The van der Waals surface area contributed by atoms with Gasteiger partial charge in [0.15, 0.2) is 5.13 Å². The highest BCUT2D eigenvalue weighted by Crippen LogP contribution is 2.29. The standard InChI is InChI=1S/C14H13N3O2S/c1-3-17(13(18)11-8-9(2)16-19-11)14-15-10-6-4-5-7-12(10)20-14/h4-8H,3H2,1-2H3. The van der Waals surface area contributed by atoms with Gasteiger partial charge in [0.1, 0.15) is 0 Å². The van der Waals surface area contributed by atoms with Crippen LogP contribution in [0, 0.1) is 6.92 Å². The minimum Gasteiger partial charge on any atom is -0.351 e. The average Bonchev–Trinajstić information content (AvgIpc) is 3.05. The second kappa shape index (κ2) is 5.05. The zero-order valence-electron chi connectivity index (χ0n) is 11.2. The van der Waals surface area contributed by atoms with Crippen LogP contribution in [0.5, 0.6) is 0 Å². The molecule has 3 aromatic rings. The van der Waals surface area contributed by atoms with Crippen LogP contribution in [0.3, 0.4) is 0 Å². The van der Waals surface area contributed by atoms with Gasteiger partial charge in [-0.25, -0.2) is 4.98 Å². The largest absolute Gasteiger partial charge is 0.351 e. The summed E-state index contributed by atoms with van der Waals surface area (Å²) in [6.45, 7) is 4.22. The fourth-order valence-corrected chi connectivity index (χ4v) is 2.97. The Morgan fingerprint density at radius 1 is 1.40 bits per heavy atom. The van der Waals surface area contributed by atoms with E-state index in [0.29, 0.717) is 17.4 Å². The lowest BCUT2D eigenvalue weighted by molar-refractivity contribution is 0.0952. The van der Waals surface area contributed by atoms with Gasteiger partial charge in [-0.2, -0.15) is 0 Å². The van der Waals surface area contributed by atoms with E-state index in [1.54, 1.807) is 17.9 Å². The minimum absolute atomic E-state index is 0.216. The number of aromatic nitrogens is 2. The molecule has 1 amide bonds. The van der Waals surface area contributed by atoms with Crippen LogP contribution in [0.25, 0.3) is 10.2 Å². The topological polar surface area (TPSA) is 59.2 Å². The number of hydrogen-bond donors (Lipinski definition) is 0. The molecule has 6 heteroatoms. The van der Waals surface area contributed by atoms with Crippen molar-refractivity contribution in [3.05, 3.63) is 41.8 Å². The molecule has 0 unspecified atom stereocenters. The summed E-state index contributed by atoms with van der Waals surface area (Å²) < 4.78 is 6.10. The zero-order chi connectivity index (χ0) is 14.1. The van der Waals surface area contributed by atoms with E-state index in [1.165, 1.54) is 11.3 Å². The first kappa shape index (κ1) is 12.8. The molecule has 0 saturated carbocycles. The van der Waals surface area contributed by atoms with Crippen LogP contribution in [0.4, 0.5) is 5.13 Å². The van der Waals surface area contributed by atoms with Crippen LogP contribution < -0.4 is 4.90 Å². The zero-order valence-corrected chi connectivity index (χ0v) is 12.0.